The van der Waals surface area contributed by atoms with Crippen LogP contribution in [0.1, 0.15) is 5.56 Å². The smallest absolute Gasteiger partial charge is 0.249 e. The van der Waals surface area contributed by atoms with Crippen molar-refractivity contribution in [2.45, 2.75) is 6.92 Å². The molecule has 0 saturated heterocycles. The molecule has 0 aliphatic carbocycles. The Morgan fingerprint density at radius 3 is 2.62 bits per heavy atom. The molecule has 2 N–H and O–H groups in total. The fourth-order valence-electron chi connectivity index (χ4n) is 2.00. The van der Waals surface area contributed by atoms with Crippen LogP contribution in [0.3, 0.4) is 0 Å². The van der Waals surface area contributed by atoms with E-state index in [2.05, 4.69) is 25.8 Å². The van der Waals surface area contributed by atoms with Crippen molar-refractivity contribution >= 4 is 57.9 Å². The van der Waals surface area contributed by atoms with Crippen LogP contribution in [0.4, 0.5) is 23.1 Å². The van der Waals surface area contributed by atoms with E-state index >= 15 is 0 Å². The van der Waals surface area contributed by atoms with Gasteiger partial charge in [0, 0.05) is 10.7 Å². The first-order chi connectivity index (χ1) is 11.5. The number of hydrogen-bond donors (Lipinski definition) is 2. The highest BCUT2D eigenvalue weighted by molar-refractivity contribution is 6.43. The minimum absolute atomic E-state index is 0.295. The molecule has 0 aliphatic heterocycles. The zero-order chi connectivity index (χ0) is 17.1. The average Bonchev–Trinajstić information content (AvgIpc) is 2.56. The van der Waals surface area contributed by atoms with Gasteiger partial charge in [-0.3, -0.25) is 0 Å². The minimum atomic E-state index is 0.295. The number of hydrogen-bond acceptors (Lipinski definition) is 5. The average molecular weight is 381 g/mol. The summed E-state index contributed by atoms with van der Waals surface area (Å²) in [5, 5.41) is 15.5. The molecule has 2 aromatic carbocycles. The zero-order valence-corrected chi connectivity index (χ0v) is 14.8. The van der Waals surface area contributed by atoms with Crippen molar-refractivity contribution in [3.63, 3.8) is 0 Å². The predicted molar refractivity (Wildman–Crippen MR) is 99.0 cm³/mol. The number of nitrogens with zero attached hydrogens (tertiary/aromatic N) is 3. The molecule has 5 nitrogen and oxygen atoms in total. The summed E-state index contributed by atoms with van der Waals surface area (Å²) in [6.07, 6.45) is 1.52. The Labute approximate surface area is 154 Å². The highest BCUT2D eigenvalue weighted by Crippen LogP contribution is 2.31. The third-order valence-corrected chi connectivity index (χ3v) is 4.27. The highest BCUT2D eigenvalue weighted by atomic mass is 35.5. The monoisotopic (exact) mass is 379 g/mol. The molecule has 8 heteroatoms. The van der Waals surface area contributed by atoms with Gasteiger partial charge in [0.25, 0.3) is 0 Å². The Hall–Kier alpha value is -2.08. The number of halogens is 3. The molecule has 0 spiro atoms. The van der Waals surface area contributed by atoms with Crippen LogP contribution in [0.15, 0.2) is 42.6 Å². The summed E-state index contributed by atoms with van der Waals surface area (Å²) in [4.78, 5) is 4.36. The van der Waals surface area contributed by atoms with Gasteiger partial charge in [-0.1, -0.05) is 46.9 Å². The van der Waals surface area contributed by atoms with Gasteiger partial charge in [0.05, 0.1) is 21.9 Å². The van der Waals surface area contributed by atoms with E-state index in [-0.39, 0.29) is 0 Å². The van der Waals surface area contributed by atoms with Gasteiger partial charge in [-0.2, -0.15) is 10.1 Å². The largest absolute Gasteiger partial charge is 0.339 e. The van der Waals surface area contributed by atoms with Gasteiger partial charge in [-0.15, -0.1) is 5.10 Å². The Bertz CT molecular complexity index is 866. The van der Waals surface area contributed by atoms with E-state index < -0.39 is 0 Å². The van der Waals surface area contributed by atoms with Gasteiger partial charge in [-0.05, 0) is 36.8 Å². The Morgan fingerprint density at radius 2 is 1.79 bits per heavy atom. The van der Waals surface area contributed by atoms with E-state index in [4.69, 9.17) is 34.8 Å². The summed E-state index contributed by atoms with van der Waals surface area (Å²) < 4.78 is 0. The van der Waals surface area contributed by atoms with Crippen LogP contribution < -0.4 is 10.6 Å². The second-order valence-corrected chi connectivity index (χ2v) is 6.20. The van der Waals surface area contributed by atoms with Crippen LogP contribution in [0, 0.1) is 6.92 Å². The summed E-state index contributed by atoms with van der Waals surface area (Å²) in [6.45, 7) is 1.97. The van der Waals surface area contributed by atoms with E-state index in [9.17, 15) is 0 Å². The molecule has 0 aliphatic rings. The van der Waals surface area contributed by atoms with Crippen LogP contribution in [-0.4, -0.2) is 15.2 Å². The lowest BCUT2D eigenvalue weighted by molar-refractivity contribution is 0.982. The van der Waals surface area contributed by atoms with Crippen molar-refractivity contribution in [3.8, 4) is 0 Å². The first kappa shape index (κ1) is 16.8. The predicted octanol–water partition coefficient (Wildman–Crippen LogP) is 5.63. The van der Waals surface area contributed by atoms with Crippen LogP contribution in [-0.2, 0) is 0 Å². The van der Waals surface area contributed by atoms with Crippen LogP contribution in [0.2, 0.25) is 15.1 Å². The molecular weight excluding hydrogens is 369 g/mol. The number of anilines is 4. The van der Waals surface area contributed by atoms with Crippen molar-refractivity contribution in [1.82, 2.24) is 15.2 Å². The molecule has 3 rings (SSSR count). The van der Waals surface area contributed by atoms with Gasteiger partial charge in [0.2, 0.25) is 5.95 Å². The molecule has 0 saturated carbocycles. The second-order valence-electron chi connectivity index (χ2n) is 4.98. The molecule has 0 atom stereocenters. The third-order valence-electron chi connectivity index (χ3n) is 3.22. The van der Waals surface area contributed by atoms with Crippen LogP contribution in [0.25, 0.3) is 0 Å². The first-order valence-corrected chi connectivity index (χ1v) is 8.10. The topological polar surface area (TPSA) is 62.7 Å². The molecule has 0 radical (unpaired) electrons. The van der Waals surface area contributed by atoms with E-state index in [1.807, 2.05) is 25.1 Å². The van der Waals surface area contributed by atoms with E-state index in [1.54, 1.807) is 18.2 Å². The maximum atomic E-state index is 6.15. The second kappa shape index (κ2) is 7.21. The summed E-state index contributed by atoms with van der Waals surface area (Å²) in [5.74, 6) is 0.819. The Morgan fingerprint density at radius 1 is 0.958 bits per heavy atom. The third kappa shape index (κ3) is 3.87. The maximum absolute atomic E-state index is 6.15. The molecule has 1 heterocycles. The van der Waals surface area contributed by atoms with Crippen LogP contribution >= 0.6 is 34.8 Å². The molecule has 3 aromatic rings. The van der Waals surface area contributed by atoms with E-state index in [1.165, 1.54) is 6.20 Å². The van der Waals surface area contributed by atoms with Gasteiger partial charge < -0.3 is 10.6 Å². The first-order valence-electron chi connectivity index (χ1n) is 6.97. The molecule has 0 unspecified atom stereocenters. The molecule has 24 heavy (non-hydrogen) atoms. The summed E-state index contributed by atoms with van der Waals surface area (Å²) in [5.41, 5.74) is 2.47. The Kier molecular flexibility index (Phi) is 5.04. The highest BCUT2D eigenvalue weighted by Gasteiger charge is 2.08. The van der Waals surface area contributed by atoms with Gasteiger partial charge in [0.1, 0.15) is 0 Å². The fourth-order valence-corrected chi connectivity index (χ4v) is 2.52. The quantitative estimate of drug-likeness (QED) is 0.614. The molecule has 0 bridgehead atoms. The van der Waals surface area contributed by atoms with E-state index in [0.29, 0.717) is 32.5 Å². The number of rotatable bonds is 4. The van der Waals surface area contributed by atoms with Gasteiger partial charge >= 0.3 is 0 Å². The molecule has 0 amide bonds. The number of benzene rings is 2. The Balaban J connectivity index is 1.84. The molecule has 122 valence electrons. The molecule has 1 aromatic heterocycles. The van der Waals surface area contributed by atoms with Crippen molar-refractivity contribution < 1.29 is 0 Å². The number of aromatic nitrogens is 3. The van der Waals surface area contributed by atoms with Crippen molar-refractivity contribution in [3.05, 3.63) is 63.2 Å². The van der Waals surface area contributed by atoms with Crippen molar-refractivity contribution in [1.29, 1.82) is 0 Å². The maximum Gasteiger partial charge on any atom is 0.249 e. The lowest BCUT2D eigenvalue weighted by atomic mass is 10.2. The lowest BCUT2D eigenvalue weighted by Gasteiger charge is -2.11. The van der Waals surface area contributed by atoms with E-state index in [0.717, 1.165) is 11.3 Å². The van der Waals surface area contributed by atoms with Crippen molar-refractivity contribution in [2.75, 3.05) is 10.6 Å². The van der Waals surface area contributed by atoms with Gasteiger partial charge in [-0.25, -0.2) is 0 Å². The molecular formula is C16H12Cl3N5. The fraction of sp³-hybridized carbons (Fsp3) is 0.0625. The number of aryl methyl sites for hydroxylation is 1. The minimum Gasteiger partial charge on any atom is -0.339 e. The summed E-state index contributed by atoms with van der Waals surface area (Å²) in [6, 6.07) is 10.8. The molecule has 0 fully saturated rings. The normalized spacial score (nSPS) is 10.5. The summed E-state index contributed by atoms with van der Waals surface area (Å²) in [7, 11) is 0. The lowest BCUT2D eigenvalue weighted by Crippen LogP contribution is -2.03. The standard InChI is InChI=1S/C16H12Cl3N5/c1-9-5-6-10(17)7-13(9)21-14-8-20-24-16(23-14)22-12-4-2-3-11(18)15(12)19/h2-8H,1H3,(H2,21,22,23,24). The summed E-state index contributed by atoms with van der Waals surface area (Å²) >= 11 is 18.2. The van der Waals surface area contributed by atoms with Crippen molar-refractivity contribution in [2.24, 2.45) is 0 Å². The number of nitrogens with one attached hydrogen (secondary N) is 2. The zero-order valence-electron chi connectivity index (χ0n) is 12.5. The van der Waals surface area contributed by atoms with Gasteiger partial charge in [0.15, 0.2) is 5.82 Å². The SMILES string of the molecule is Cc1ccc(Cl)cc1Nc1cnnc(Nc2cccc(Cl)c2Cl)n1. The van der Waals surface area contributed by atoms with Crippen LogP contribution in [0.5, 0.6) is 0 Å².